The van der Waals surface area contributed by atoms with Gasteiger partial charge in [-0.25, -0.2) is 8.78 Å². The minimum Gasteiger partial charge on any atom is -0.421 e. The van der Waals surface area contributed by atoms with E-state index in [0.717, 1.165) is 11.6 Å². The van der Waals surface area contributed by atoms with Gasteiger partial charge in [0.25, 0.3) is 0 Å². The van der Waals surface area contributed by atoms with E-state index in [1.54, 1.807) is 35.7 Å². The van der Waals surface area contributed by atoms with Crippen molar-refractivity contribution in [2.45, 2.75) is 13.8 Å². The molecule has 0 unspecified atom stereocenters. The number of benzene rings is 2. The quantitative estimate of drug-likeness (QED) is 0.376. The first-order chi connectivity index (χ1) is 15.4. The van der Waals surface area contributed by atoms with Crippen LogP contribution in [-0.2, 0) is 0 Å². The van der Waals surface area contributed by atoms with E-state index in [1.165, 1.54) is 18.2 Å². The number of aromatic nitrogens is 3. The standard InChI is InChI=1S/C25H17F2N3O2/c1-14-6-7-16(25-29-28-15(2)32-25)12-19(14)24-22-5-3-4-21(30(22)11-10-23(24)31)18-9-8-17(26)13-20(18)27/h3-13H,1-2H3. The van der Waals surface area contributed by atoms with Crippen LogP contribution in [0.1, 0.15) is 11.5 Å². The van der Waals surface area contributed by atoms with E-state index in [4.69, 9.17) is 4.42 Å². The Hall–Kier alpha value is -4.13. The molecule has 3 aromatic heterocycles. The summed E-state index contributed by atoms with van der Waals surface area (Å²) in [5.74, 6) is -0.526. The number of fused-ring (bicyclic) bond motifs is 1. The summed E-state index contributed by atoms with van der Waals surface area (Å²) in [5.41, 5.74) is 3.90. The highest BCUT2D eigenvalue weighted by molar-refractivity contribution is 5.85. The third-order valence-electron chi connectivity index (χ3n) is 5.39. The molecule has 0 fully saturated rings. The molecule has 0 amide bonds. The molecule has 0 saturated heterocycles. The van der Waals surface area contributed by atoms with Crippen LogP contribution in [0.25, 0.3) is 39.4 Å². The first-order valence-corrected chi connectivity index (χ1v) is 9.94. The lowest BCUT2D eigenvalue weighted by Crippen LogP contribution is -2.09. The molecular weight excluding hydrogens is 412 g/mol. The molecule has 5 nitrogen and oxygen atoms in total. The molecule has 0 aliphatic heterocycles. The number of aryl methyl sites for hydroxylation is 2. The van der Waals surface area contributed by atoms with Gasteiger partial charge in [0, 0.05) is 36.4 Å². The second-order valence-electron chi connectivity index (χ2n) is 7.50. The van der Waals surface area contributed by atoms with Crippen LogP contribution in [-0.4, -0.2) is 14.6 Å². The lowest BCUT2D eigenvalue weighted by molar-refractivity contribution is 0.533. The van der Waals surface area contributed by atoms with Crippen molar-refractivity contribution >= 4 is 5.52 Å². The maximum absolute atomic E-state index is 14.5. The van der Waals surface area contributed by atoms with Crippen LogP contribution in [0.15, 0.2) is 76.1 Å². The van der Waals surface area contributed by atoms with Gasteiger partial charge in [0.1, 0.15) is 11.6 Å². The predicted octanol–water partition coefficient (Wildman–Crippen LogP) is 5.58. The Morgan fingerprint density at radius 1 is 0.906 bits per heavy atom. The van der Waals surface area contributed by atoms with Gasteiger partial charge in [0.05, 0.1) is 16.8 Å². The van der Waals surface area contributed by atoms with Crippen molar-refractivity contribution in [3.63, 3.8) is 0 Å². The lowest BCUT2D eigenvalue weighted by Gasteiger charge is -2.15. The second-order valence-corrected chi connectivity index (χ2v) is 7.50. The normalized spacial score (nSPS) is 11.2. The topological polar surface area (TPSA) is 60.4 Å². The van der Waals surface area contributed by atoms with Gasteiger partial charge < -0.3 is 8.82 Å². The molecular formula is C25H17F2N3O2. The van der Waals surface area contributed by atoms with Crippen LogP contribution in [0.3, 0.4) is 0 Å². The van der Waals surface area contributed by atoms with Crippen LogP contribution in [0.2, 0.25) is 0 Å². The van der Waals surface area contributed by atoms with E-state index in [-0.39, 0.29) is 11.0 Å². The maximum Gasteiger partial charge on any atom is 0.247 e. The molecule has 0 radical (unpaired) electrons. The molecule has 0 N–H and O–H groups in total. The Bertz CT molecular complexity index is 1550. The first kappa shape index (κ1) is 19.8. The van der Waals surface area contributed by atoms with Gasteiger partial charge in [0.15, 0.2) is 5.43 Å². The SMILES string of the molecule is Cc1nnc(-c2ccc(C)c(-c3c(=O)ccn4c(-c5ccc(F)cc5F)cccc34)c2)o1. The van der Waals surface area contributed by atoms with Crippen molar-refractivity contribution in [1.82, 2.24) is 14.6 Å². The van der Waals surface area contributed by atoms with Crippen molar-refractivity contribution in [3.8, 4) is 33.8 Å². The average molecular weight is 429 g/mol. The monoisotopic (exact) mass is 429 g/mol. The molecule has 0 spiro atoms. The second kappa shape index (κ2) is 7.53. The molecule has 5 rings (SSSR count). The van der Waals surface area contributed by atoms with Crippen molar-refractivity contribution in [1.29, 1.82) is 0 Å². The summed E-state index contributed by atoms with van der Waals surface area (Å²) in [4.78, 5) is 13.0. The highest BCUT2D eigenvalue weighted by Crippen LogP contribution is 2.32. The summed E-state index contributed by atoms with van der Waals surface area (Å²) in [6.45, 7) is 3.61. The zero-order valence-electron chi connectivity index (χ0n) is 17.3. The number of rotatable bonds is 3. The Morgan fingerprint density at radius 2 is 1.75 bits per heavy atom. The van der Waals surface area contributed by atoms with Crippen LogP contribution in [0.5, 0.6) is 0 Å². The Kier molecular flexibility index (Phi) is 4.66. The number of nitrogens with zero attached hydrogens (tertiary/aromatic N) is 3. The van der Waals surface area contributed by atoms with E-state index in [2.05, 4.69) is 10.2 Å². The Labute approximate surface area is 181 Å². The van der Waals surface area contributed by atoms with Crippen LogP contribution < -0.4 is 5.43 Å². The van der Waals surface area contributed by atoms with Crippen molar-refractivity contribution in [3.05, 3.63) is 100 Å². The zero-order chi connectivity index (χ0) is 22.4. The molecule has 158 valence electrons. The summed E-state index contributed by atoms with van der Waals surface area (Å²) < 4.78 is 35.2. The average Bonchev–Trinajstić information content (AvgIpc) is 3.20. The Morgan fingerprint density at radius 3 is 2.50 bits per heavy atom. The minimum absolute atomic E-state index is 0.177. The number of halogens is 2. The third kappa shape index (κ3) is 3.28. The van der Waals surface area contributed by atoms with Gasteiger partial charge in [-0.05, 0) is 54.4 Å². The highest BCUT2D eigenvalue weighted by atomic mass is 19.1. The molecule has 7 heteroatoms. The molecule has 0 bridgehead atoms. The molecule has 2 aromatic carbocycles. The fourth-order valence-corrected chi connectivity index (χ4v) is 3.86. The van der Waals surface area contributed by atoms with E-state index < -0.39 is 11.6 Å². The van der Waals surface area contributed by atoms with Gasteiger partial charge in [-0.1, -0.05) is 12.1 Å². The molecule has 5 aromatic rings. The van der Waals surface area contributed by atoms with E-state index in [9.17, 15) is 13.6 Å². The maximum atomic E-state index is 14.5. The Balaban J connectivity index is 1.77. The van der Waals surface area contributed by atoms with Crippen molar-refractivity contribution in [2.75, 3.05) is 0 Å². The summed E-state index contributed by atoms with van der Waals surface area (Å²) in [6, 6.07) is 15.7. The van der Waals surface area contributed by atoms with E-state index in [1.807, 2.05) is 25.1 Å². The first-order valence-electron chi connectivity index (χ1n) is 9.94. The van der Waals surface area contributed by atoms with E-state index in [0.29, 0.717) is 39.7 Å². The summed E-state index contributed by atoms with van der Waals surface area (Å²) in [7, 11) is 0. The molecule has 0 aliphatic carbocycles. The van der Waals surface area contributed by atoms with Crippen LogP contribution in [0, 0.1) is 25.5 Å². The summed E-state index contributed by atoms with van der Waals surface area (Å²) in [5, 5.41) is 7.93. The highest BCUT2D eigenvalue weighted by Gasteiger charge is 2.17. The lowest BCUT2D eigenvalue weighted by atomic mass is 9.96. The van der Waals surface area contributed by atoms with Gasteiger partial charge in [0.2, 0.25) is 11.8 Å². The zero-order valence-corrected chi connectivity index (χ0v) is 17.3. The summed E-state index contributed by atoms with van der Waals surface area (Å²) in [6.07, 6.45) is 1.60. The van der Waals surface area contributed by atoms with Crippen molar-refractivity contribution < 1.29 is 13.2 Å². The molecule has 0 atom stereocenters. The largest absolute Gasteiger partial charge is 0.421 e. The molecule has 32 heavy (non-hydrogen) atoms. The summed E-state index contributed by atoms with van der Waals surface area (Å²) >= 11 is 0. The van der Waals surface area contributed by atoms with Crippen LogP contribution >= 0.6 is 0 Å². The predicted molar refractivity (Wildman–Crippen MR) is 117 cm³/mol. The van der Waals surface area contributed by atoms with Gasteiger partial charge >= 0.3 is 0 Å². The fourth-order valence-electron chi connectivity index (χ4n) is 3.86. The molecule has 0 saturated carbocycles. The smallest absolute Gasteiger partial charge is 0.247 e. The van der Waals surface area contributed by atoms with Gasteiger partial charge in [-0.3, -0.25) is 4.79 Å². The van der Waals surface area contributed by atoms with Gasteiger partial charge in [-0.15, -0.1) is 10.2 Å². The van der Waals surface area contributed by atoms with Gasteiger partial charge in [-0.2, -0.15) is 0 Å². The molecule has 3 heterocycles. The fraction of sp³-hybridized carbons (Fsp3) is 0.0800. The van der Waals surface area contributed by atoms with Crippen LogP contribution in [0.4, 0.5) is 8.78 Å². The molecule has 0 aliphatic rings. The third-order valence-corrected chi connectivity index (χ3v) is 5.39. The number of hydrogen-bond acceptors (Lipinski definition) is 4. The number of pyridine rings is 2. The van der Waals surface area contributed by atoms with Crippen molar-refractivity contribution in [2.24, 2.45) is 0 Å². The number of hydrogen-bond donors (Lipinski definition) is 0. The minimum atomic E-state index is -0.678. The van der Waals surface area contributed by atoms with E-state index >= 15 is 0 Å².